The van der Waals surface area contributed by atoms with Crippen LogP contribution in [0.3, 0.4) is 0 Å². The van der Waals surface area contributed by atoms with Gasteiger partial charge in [-0.05, 0) is 24.5 Å². The molecule has 0 spiro atoms. The van der Waals surface area contributed by atoms with Gasteiger partial charge in [-0.3, -0.25) is 0 Å². The van der Waals surface area contributed by atoms with E-state index < -0.39 is 0 Å². The van der Waals surface area contributed by atoms with Crippen LogP contribution >= 0.6 is 0 Å². The summed E-state index contributed by atoms with van der Waals surface area (Å²) in [5.74, 6) is 0. The van der Waals surface area contributed by atoms with Crippen LogP contribution in [0.1, 0.15) is 45.1 Å². The summed E-state index contributed by atoms with van der Waals surface area (Å²) in [6, 6.07) is 9.96. The quantitative estimate of drug-likeness (QED) is 0.754. The molecule has 1 aromatic rings. The summed E-state index contributed by atoms with van der Waals surface area (Å²) in [5, 5.41) is 2.86. The number of nitrogens with zero attached hydrogens (tertiary/aromatic N) is 1. The molecule has 0 saturated carbocycles. The van der Waals surface area contributed by atoms with E-state index in [1.54, 1.807) is 6.20 Å². The van der Waals surface area contributed by atoms with E-state index >= 15 is 0 Å². The first-order valence-corrected chi connectivity index (χ1v) is 7.55. The molecule has 110 valence electrons. The van der Waals surface area contributed by atoms with Gasteiger partial charge in [-0.1, -0.05) is 57.0 Å². The van der Waals surface area contributed by atoms with Crippen LogP contribution in [-0.2, 0) is 0 Å². The Hall–Kier alpha value is -1.77. The number of unbranched alkanes of at least 4 members (excludes halogenated alkanes) is 2. The second-order valence-corrected chi connectivity index (χ2v) is 4.89. The highest BCUT2D eigenvalue weighted by atomic mass is 16.2. The molecule has 0 aliphatic heterocycles. The van der Waals surface area contributed by atoms with Crippen LogP contribution < -0.4 is 5.32 Å². The first-order chi connectivity index (χ1) is 9.77. The van der Waals surface area contributed by atoms with Crippen LogP contribution in [0, 0.1) is 0 Å². The zero-order valence-corrected chi connectivity index (χ0v) is 12.6. The van der Waals surface area contributed by atoms with Crippen molar-refractivity contribution in [3.8, 4) is 0 Å². The Morgan fingerprint density at radius 1 is 1.10 bits per heavy atom. The van der Waals surface area contributed by atoms with Crippen molar-refractivity contribution in [1.82, 2.24) is 10.2 Å². The summed E-state index contributed by atoms with van der Waals surface area (Å²) >= 11 is 0. The van der Waals surface area contributed by atoms with Crippen LogP contribution in [0.2, 0.25) is 0 Å². The van der Waals surface area contributed by atoms with Gasteiger partial charge >= 0.3 is 6.03 Å². The van der Waals surface area contributed by atoms with Gasteiger partial charge in [-0.2, -0.15) is 0 Å². The smallest absolute Gasteiger partial charge is 0.321 e. The Kier molecular flexibility index (Phi) is 8.20. The van der Waals surface area contributed by atoms with Crippen molar-refractivity contribution in [3.63, 3.8) is 0 Å². The predicted molar refractivity (Wildman–Crippen MR) is 85.4 cm³/mol. The third-order valence-corrected chi connectivity index (χ3v) is 3.13. The summed E-state index contributed by atoms with van der Waals surface area (Å²) in [6.45, 7) is 5.96. The molecule has 0 atom stereocenters. The molecule has 3 heteroatoms. The topological polar surface area (TPSA) is 32.3 Å². The lowest BCUT2D eigenvalue weighted by atomic mass is 10.2. The van der Waals surface area contributed by atoms with Gasteiger partial charge in [0.15, 0.2) is 0 Å². The zero-order chi connectivity index (χ0) is 14.6. The standard InChI is InChI=1S/C17H26N2O/c1-3-5-14-19(15-6-4-2)17(20)18-13-12-16-10-8-7-9-11-16/h7-13H,3-6,14-15H2,1-2H3,(H,18,20)/b13-12+. The molecule has 0 fully saturated rings. The maximum atomic E-state index is 12.1. The van der Waals surface area contributed by atoms with E-state index in [1.165, 1.54) is 0 Å². The summed E-state index contributed by atoms with van der Waals surface area (Å²) in [6.07, 6.45) is 7.96. The van der Waals surface area contributed by atoms with Gasteiger partial charge < -0.3 is 10.2 Å². The van der Waals surface area contributed by atoms with Crippen molar-refractivity contribution in [2.75, 3.05) is 13.1 Å². The lowest BCUT2D eigenvalue weighted by molar-refractivity contribution is 0.200. The van der Waals surface area contributed by atoms with E-state index in [-0.39, 0.29) is 6.03 Å². The minimum absolute atomic E-state index is 0.000851. The van der Waals surface area contributed by atoms with Gasteiger partial charge in [-0.25, -0.2) is 4.79 Å². The van der Waals surface area contributed by atoms with Crippen molar-refractivity contribution < 1.29 is 4.79 Å². The highest BCUT2D eigenvalue weighted by Gasteiger charge is 2.10. The SMILES string of the molecule is CCCCN(CCCC)C(=O)N/C=C/c1ccccc1. The molecule has 3 nitrogen and oxygen atoms in total. The minimum atomic E-state index is -0.000851. The van der Waals surface area contributed by atoms with E-state index in [1.807, 2.05) is 41.3 Å². The van der Waals surface area contributed by atoms with Gasteiger partial charge in [-0.15, -0.1) is 0 Å². The normalized spacial score (nSPS) is 10.7. The number of hydrogen-bond acceptors (Lipinski definition) is 1. The van der Waals surface area contributed by atoms with E-state index in [0.717, 1.165) is 44.3 Å². The zero-order valence-electron chi connectivity index (χ0n) is 12.6. The molecule has 0 unspecified atom stereocenters. The summed E-state index contributed by atoms with van der Waals surface area (Å²) < 4.78 is 0. The number of nitrogens with one attached hydrogen (secondary N) is 1. The van der Waals surface area contributed by atoms with Gasteiger partial charge in [0.25, 0.3) is 0 Å². The molecule has 0 aliphatic carbocycles. The van der Waals surface area contributed by atoms with Crippen molar-refractivity contribution >= 4 is 12.1 Å². The summed E-state index contributed by atoms with van der Waals surface area (Å²) in [7, 11) is 0. The average Bonchev–Trinajstić information content (AvgIpc) is 2.48. The Morgan fingerprint density at radius 2 is 1.70 bits per heavy atom. The fourth-order valence-electron chi connectivity index (χ4n) is 1.88. The number of carbonyl (C=O) groups is 1. The first-order valence-electron chi connectivity index (χ1n) is 7.55. The molecular weight excluding hydrogens is 248 g/mol. The second kappa shape index (κ2) is 10.1. The summed E-state index contributed by atoms with van der Waals surface area (Å²) in [4.78, 5) is 14.0. The Morgan fingerprint density at radius 3 is 2.25 bits per heavy atom. The number of urea groups is 1. The van der Waals surface area contributed by atoms with Crippen LogP contribution in [-0.4, -0.2) is 24.0 Å². The van der Waals surface area contributed by atoms with E-state index in [2.05, 4.69) is 19.2 Å². The number of benzene rings is 1. The fourth-order valence-corrected chi connectivity index (χ4v) is 1.88. The Labute approximate surface area is 122 Å². The largest absolute Gasteiger partial charge is 0.325 e. The molecule has 2 amide bonds. The number of hydrogen-bond donors (Lipinski definition) is 1. The van der Waals surface area contributed by atoms with Gasteiger partial charge in [0.05, 0.1) is 0 Å². The van der Waals surface area contributed by atoms with Crippen LogP contribution in [0.25, 0.3) is 6.08 Å². The summed E-state index contributed by atoms with van der Waals surface area (Å²) in [5.41, 5.74) is 1.08. The van der Waals surface area contributed by atoms with Crippen LogP contribution in [0.15, 0.2) is 36.5 Å². The van der Waals surface area contributed by atoms with Crippen LogP contribution in [0.4, 0.5) is 4.79 Å². The molecule has 0 aromatic heterocycles. The Bertz CT molecular complexity index is 393. The van der Waals surface area contributed by atoms with E-state index in [4.69, 9.17) is 0 Å². The molecule has 0 heterocycles. The Balaban J connectivity index is 2.46. The molecule has 0 bridgehead atoms. The second-order valence-electron chi connectivity index (χ2n) is 4.89. The maximum absolute atomic E-state index is 12.1. The first kappa shape index (κ1) is 16.3. The minimum Gasteiger partial charge on any atom is -0.325 e. The molecule has 0 aliphatic rings. The molecule has 0 radical (unpaired) electrons. The monoisotopic (exact) mass is 274 g/mol. The van der Waals surface area contributed by atoms with Gasteiger partial charge in [0.2, 0.25) is 0 Å². The molecular formula is C17H26N2O. The lowest BCUT2D eigenvalue weighted by Gasteiger charge is -2.21. The third-order valence-electron chi connectivity index (χ3n) is 3.13. The fraction of sp³-hybridized carbons (Fsp3) is 0.471. The number of amides is 2. The molecule has 1 aromatic carbocycles. The predicted octanol–water partition coefficient (Wildman–Crippen LogP) is 4.27. The number of carbonyl (C=O) groups excluding carboxylic acids is 1. The number of rotatable bonds is 8. The molecule has 1 N–H and O–H groups in total. The average molecular weight is 274 g/mol. The van der Waals surface area contributed by atoms with Crippen molar-refractivity contribution in [3.05, 3.63) is 42.1 Å². The maximum Gasteiger partial charge on any atom is 0.321 e. The molecule has 1 rings (SSSR count). The highest BCUT2D eigenvalue weighted by molar-refractivity contribution is 5.76. The van der Waals surface area contributed by atoms with E-state index in [9.17, 15) is 4.79 Å². The van der Waals surface area contributed by atoms with Gasteiger partial charge in [0, 0.05) is 19.3 Å². The van der Waals surface area contributed by atoms with Crippen LogP contribution in [0.5, 0.6) is 0 Å². The molecule has 20 heavy (non-hydrogen) atoms. The molecule has 0 saturated heterocycles. The van der Waals surface area contributed by atoms with E-state index in [0.29, 0.717) is 0 Å². The van der Waals surface area contributed by atoms with Gasteiger partial charge in [0.1, 0.15) is 0 Å². The van der Waals surface area contributed by atoms with Crippen molar-refractivity contribution in [1.29, 1.82) is 0 Å². The highest BCUT2D eigenvalue weighted by Crippen LogP contribution is 2.02. The lowest BCUT2D eigenvalue weighted by Crippen LogP contribution is -2.38. The van der Waals surface area contributed by atoms with Crippen molar-refractivity contribution in [2.45, 2.75) is 39.5 Å². The third kappa shape index (κ3) is 6.41. The van der Waals surface area contributed by atoms with Crippen molar-refractivity contribution in [2.24, 2.45) is 0 Å².